The van der Waals surface area contributed by atoms with Crippen LogP contribution in [0.1, 0.15) is 25.3 Å². The molecule has 0 aromatic heterocycles. The molecule has 0 amide bonds. The van der Waals surface area contributed by atoms with E-state index in [-0.39, 0.29) is 0 Å². The van der Waals surface area contributed by atoms with Gasteiger partial charge in [-0.1, -0.05) is 0 Å². The van der Waals surface area contributed by atoms with Crippen molar-refractivity contribution in [2.45, 2.75) is 31.9 Å². The Morgan fingerprint density at radius 2 is 2.33 bits per heavy atom. The van der Waals surface area contributed by atoms with Crippen LogP contribution in [-0.2, 0) is 4.74 Å². The maximum absolute atomic E-state index is 8.86. The quantitative estimate of drug-likeness (QED) is 0.890. The molecule has 4 heteroatoms. The Balaban J connectivity index is 2.11. The third-order valence-electron chi connectivity index (χ3n) is 3.18. The van der Waals surface area contributed by atoms with Crippen molar-refractivity contribution in [3.8, 4) is 11.8 Å². The second-order valence-electron chi connectivity index (χ2n) is 4.57. The summed E-state index contributed by atoms with van der Waals surface area (Å²) in [5.41, 5.74) is 1.55. The summed E-state index contributed by atoms with van der Waals surface area (Å²) >= 11 is 0. The number of nitrogens with zero attached hydrogens (tertiary/aromatic N) is 1. The molecule has 96 valence electrons. The lowest BCUT2D eigenvalue weighted by Gasteiger charge is -2.29. The standard InChI is InChI=1S/C14H18N2O2/c1-10-7-12(5-6-18-10)16-13-4-3-11(9-15)8-14(13)17-2/h3-4,8,10,12,16H,5-7H2,1-2H3. The van der Waals surface area contributed by atoms with Crippen molar-refractivity contribution in [3.63, 3.8) is 0 Å². The predicted octanol–water partition coefficient (Wildman–Crippen LogP) is 2.55. The van der Waals surface area contributed by atoms with Gasteiger partial charge in [0.2, 0.25) is 0 Å². The third-order valence-corrected chi connectivity index (χ3v) is 3.18. The SMILES string of the molecule is COc1cc(C#N)ccc1NC1CCOC(C)C1. The van der Waals surface area contributed by atoms with Crippen molar-refractivity contribution in [1.82, 2.24) is 0 Å². The second-order valence-corrected chi connectivity index (χ2v) is 4.57. The normalized spacial score (nSPS) is 23.2. The zero-order valence-electron chi connectivity index (χ0n) is 10.8. The molecule has 0 aliphatic carbocycles. The predicted molar refractivity (Wildman–Crippen MR) is 69.8 cm³/mol. The van der Waals surface area contributed by atoms with E-state index >= 15 is 0 Å². The molecule has 0 radical (unpaired) electrons. The Morgan fingerprint density at radius 1 is 1.50 bits per heavy atom. The van der Waals surface area contributed by atoms with E-state index in [0.717, 1.165) is 25.1 Å². The summed E-state index contributed by atoms with van der Waals surface area (Å²) < 4.78 is 10.8. The van der Waals surface area contributed by atoms with Gasteiger partial charge in [0.15, 0.2) is 0 Å². The van der Waals surface area contributed by atoms with Crippen LogP contribution in [0.15, 0.2) is 18.2 Å². The molecule has 1 fully saturated rings. The number of nitrogens with one attached hydrogen (secondary N) is 1. The highest BCUT2D eigenvalue weighted by Crippen LogP contribution is 2.28. The van der Waals surface area contributed by atoms with Gasteiger partial charge in [0.25, 0.3) is 0 Å². The van der Waals surface area contributed by atoms with Crippen molar-refractivity contribution in [3.05, 3.63) is 23.8 Å². The van der Waals surface area contributed by atoms with Gasteiger partial charge in [-0.05, 0) is 31.9 Å². The van der Waals surface area contributed by atoms with Gasteiger partial charge >= 0.3 is 0 Å². The van der Waals surface area contributed by atoms with Gasteiger partial charge in [-0.3, -0.25) is 0 Å². The lowest BCUT2D eigenvalue weighted by Crippen LogP contribution is -2.32. The molecule has 1 saturated heterocycles. The number of hydrogen-bond acceptors (Lipinski definition) is 4. The molecule has 2 unspecified atom stereocenters. The highest BCUT2D eigenvalue weighted by atomic mass is 16.5. The van der Waals surface area contributed by atoms with E-state index in [2.05, 4.69) is 18.3 Å². The Bertz CT molecular complexity index is 454. The minimum atomic E-state index is 0.292. The van der Waals surface area contributed by atoms with Crippen LogP contribution in [0, 0.1) is 11.3 Å². The number of methoxy groups -OCH3 is 1. The maximum Gasteiger partial charge on any atom is 0.143 e. The summed E-state index contributed by atoms with van der Waals surface area (Å²) in [4.78, 5) is 0. The molecule has 1 N–H and O–H groups in total. The summed E-state index contributed by atoms with van der Waals surface area (Å²) in [6.45, 7) is 2.88. The van der Waals surface area contributed by atoms with Crippen molar-refractivity contribution in [1.29, 1.82) is 5.26 Å². The molecule has 0 spiro atoms. The van der Waals surface area contributed by atoms with Crippen LogP contribution in [0.25, 0.3) is 0 Å². The van der Waals surface area contributed by atoms with Gasteiger partial charge in [-0.15, -0.1) is 0 Å². The molecule has 4 nitrogen and oxygen atoms in total. The van der Waals surface area contributed by atoms with Crippen LogP contribution in [0.5, 0.6) is 5.75 Å². The summed E-state index contributed by atoms with van der Waals surface area (Å²) in [6.07, 6.45) is 2.28. The molecule has 1 aromatic carbocycles. The number of rotatable bonds is 3. The monoisotopic (exact) mass is 246 g/mol. The second kappa shape index (κ2) is 5.74. The Labute approximate surface area is 108 Å². The minimum Gasteiger partial charge on any atom is -0.495 e. The van der Waals surface area contributed by atoms with Crippen molar-refractivity contribution >= 4 is 5.69 Å². The van der Waals surface area contributed by atoms with Gasteiger partial charge in [0.1, 0.15) is 5.75 Å². The van der Waals surface area contributed by atoms with E-state index in [0.29, 0.717) is 23.5 Å². The fraction of sp³-hybridized carbons (Fsp3) is 0.500. The summed E-state index contributed by atoms with van der Waals surface area (Å²) in [6, 6.07) is 7.97. The highest BCUT2D eigenvalue weighted by molar-refractivity contribution is 5.59. The van der Waals surface area contributed by atoms with E-state index in [9.17, 15) is 0 Å². The molecule has 0 bridgehead atoms. The maximum atomic E-state index is 8.86. The van der Waals surface area contributed by atoms with Gasteiger partial charge in [-0.2, -0.15) is 5.26 Å². The summed E-state index contributed by atoms with van der Waals surface area (Å²) in [5, 5.41) is 12.3. The van der Waals surface area contributed by atoms with Crippen LogP contribution >= 0.6 is 0 Å². The zero-order valence-corrected chi connectivity index (χ0v) is 10.8. The first-order chi connectivity index (χ1) is 8.72. The first-order valence-corrected chi connectivity index (χ1v) is 6.19. The van der Waals surface area contributed by atoms with E-state index < -0.39 is 0 Å². The van der Waals surface area contributed by atoms with E-state index in [1.54, 1.807) is 19.2 Å². The molecular formula is C14H18N2O2. The first-order valence-electron chi connectivity index (χ1n) is 6.19. The van der Waals surface area contributed by atoms with Crippen molar-refractivity contribution in [2.24, 2.45) is 0 Å². The van der Waals surface area contributed by atoms with Crippen molar-refractivity contribution in [2.75, 3.05) is 19.0 Å². The number of benzene rings is 1. The number of anilines is 1. The topological polar surface area (TPSA) is 54.3 Å². The number of hydrogen-bond donors (Lipinski definition) is 1. The Kier molecular flexibility index (Phi) is 4.06. The highest BCUT2D eigenvalue weighted by Gasteiger charge is 2.20. The number of ether oxygens (including phenoxy) is 2. The smallest absolute Gasteiger partial charge is 0.143 e. The van der Waals surface area contributed by atoms with Gasteiger partial charge in [0.05, 0.1) is 30.5 Å². The average molecular weight is 246 g/mol. The lowest BCUT2D eigenvalue weighted by molar-refractivity contribution is 0.0232. The molecule has 1 aliphatic heterocycles. The summed E-state index contributed by atoms with van der Waals surface area (Å²) in [5.74, 6) is 0.716. The largest absolute Gasteiger partial charge is 0.495 e. The average Bonchev–Trinajstić information content (AvgIpc) is 2.39. The zero-order chi connectivity index (χ0) is 13.0. The molecule has 2 atom stereocenters. The Morgan fingerprint density at radius 3 is 3.00 bits per heavy atom. The lowest BCUT2D eigenvalue weighted by atomic mass is 10.0. The van der Waals surface area contributed by atoms with Gasteiger partial charge in [-0.25, -0.2) is 0 Å². The van der Waals surface area contributed by atoms with Crippen LogP contribution in [0.4, 0.5) is 5.69 Å². The molecule has 1 aromatic rings. The minimum absolute atomic E-state index is 0.292. The third kappa shape index (κ3) is 2.93. The molecule has 18 heavy (non-hydrogen) atoms. The van der Waals surface area contributed by atoms with Crippen LogP contribution in [0.2, 0.25) is 0 Å². The van der Waals surface area contributed by atoms with Crippen LogP contribution in [0.3, 0.4) is 0 Å². The van der Waals surface area contributed by atoms with Gasteiger partial charge in [0, 0.05) is 18.7 Å². The molecule has 1 aliphatic rings. The first kappa shape index (κ1) is 12.7. The van der Waals surface area contributed by atoms with Crippen LogP contribution < -0.4 is 10.1 Å². The fourth-order valence-corrected chi connectivity index (χ4v) is 2.23. The van der Waals surface area contributed by atoms with Crippen molar-refractivity contribution < 1.29 is 9.47 Å². The van der Waals surface area contributed by atoms with Crippen LogP contribution in [-0.4, -0.2) is 25.9 Å². The van der Waals surface area contributed by atoms with E-state index in [1.165, 1.54) is 0 Å². The molecule has 0 saturated carbocycles. The van der Waals surface area contributed by atoms with E-state index in [1.807, 2.05) is 6.07 Å². The Hall–Kier alpha value is -1.73. The summed E-state index contributed by atoms with van der Waals surface area (Å²) in [7, 11) is 1.62. The fourth-order valence-electron chi connectivity index (χ4n) is 2.23. The molecule has 2 rings (SSSR count). The molecular weight excluding hydrogens is 228 g/mol. The van der Waals surface area contributed by atoms with E-state index in [4.69, 9.17) is 14.7 Å². The molecule has 1 heterocycles. The number of nitriles is 1. The van der Waals surface area contributed by atoms with Gasteiger partial charge < -0.3 is 14.8 Å².